The number of nitrogens with zero attached hydrogens (tertiary/aromatic N) is 1. The minimum absolute atomic E-state index is 0.307. The first-order chi connectivity index (χ1) is 7.42. The smallest absolute Gasteiger partial charge is 0.124 e. The Kier molecular flexibility index (Phi) is 4.47. The molecule has 1 rings (SSSR count). The molecule has 0 fully saturated rings. The SMILES string of the molecule is COC(C)(C)c1nc(C(CN)C(C)C)cs1. The molecule has 0 radical (unpaired) electrons. The molecule has 0 saturated heterocycles. The molecule has 0 saturated carbocycles. The second kappa shape index (κ2) is 5.25. The number of hydrogen-bond donors (Lipinski definition) is 1. The van der Waals surface area contributed by atoms with Crippen molar-refractivity contribution in [1.29, 1.82) is 0 Å². The molecule has 1 aromatic rings. The summed E-state index contributed by atoms with van der Waals surface area (Å²) in [6, 6.07) is 0. The first-order valence-corrected chi connectivity index (χ1v) is 6.51. The molecular formula is C12H22N2OS. The predicted octanol–water partition coefficient (Wildman–Crippen LogP) is 2.72. The van der Waals surface area contributed by atoms with Crippen molar-refractivity contribution in [3.63, 3.8) is 0 Å². The van der Waals surface area contributed by atoms with Gasteiger partial charge >= 0.3 is 0 Å². The summed E-state index contributed by atoms with van der Waals surface area (Å²) in [6.07, 6.45) is 0. The van der Waals surface area contributed by atoms with E-state index in [1.165, 1.54) is 0 Å². The van der Waals surface area contributed by atoms with Crippen LogP contribution in [0.2, 0.25) is 0 Å². The number of rotatable bonds is 5. The summed E-state index contributed by atoms with van der Waals surface area (Å²) in [4.78, 5) is 4.66. The zero-order valence-corrected chi connectivity index (χ0v) is 11.6. The van der Waals surface area contributed by atoms with E-state index in [4.69, 9.17) is 10.5 Å². The van der Waals surface area contributed by atoms with Gasteiger partial charge in [-0.15, -0.1) is 11.3 Å². The van der Waals surface area contributed by atoms with Crippen molar-refractivity contribution >= 4 is 11.3 Å². The minimum atomic E-state index is -0.307. The maximum absolute atomic E-state index is 5.79. The third kappa shape index (κ3) is 2.81. The molecule has 0 amide bonds. The van der Waals surface area contributed by atoms with Crippen LogP contribution in [0.5, 0.6) is 0 Å². The molecule has 1 aromatic heterocycles. The monoisotopic (exact) mass is 242 g/mol. The average molecular weight is 242 g/mol. The van der Waals surface area contributed by atoms with E-state index >= 15 is 0 Å². The van der Waals surface area contributed by atoms with Crippen molar-refractivity contribution in [3.05, 3.63) is 16.1 Å². The Labute approximate surface area is 102 Å². The molecule has 92 valence electrons. The molecule has 0 bridgehead atoms. The summed E-state index contributed by atoms with van der Waals surface area (Å²) < 4.78 is 5.43. The van der Waals surface area contributed by atoms with Gasteiger partial charge in [0.25, 0.3) is 0 Å². The van der Waals surface area contributed by atoms with Crippen LogP contribution in [0.1, 0.15) is 44.3 Å². The third-order valence-corrected chi connectivity index (χ3v) is 4.15. The lowest BCUT2D eigenvalue weighted by Crippen LogP contribution is -2.21. The molecule has 1 heterocycles. The van der Waals surface area contributed by atoms with Crippen LogP contribution >= 0.6 is 11.3 Å². The van der Waals surface area contributed by atoms with Crippen molar-refractivity contribution in [2.45, 2.75) is 39.2 Å². The molecular weight excluding hydrogens is 220 g/mol. The Hall–Kier alpha value is -0.450. The Balaban J connectivity index is 2.94. The Morgan fingerprint density at radius 2 is 2.12 bits per heavy atom. The third-order valence-electron chi connectivity index (χ3n) is 2.99. The summed E-state index contributed by atoms with van der Waals surface area (Å²) in [7, 11) is 1.71. The number of aromatic nitrogens is 1. The standard InChI is InChI=1S/C12H22N2OS/c1-8(2)9(6-13)10-7-16-11(14-10)12(3,4)15-5/h7-9H,6,13H2,1-5H3. The second-order valence-electron chi connectivity index (χ2n) is 4.88. The Morgan fingerprint density at radius 1 is 1.50 bits per heavy atom. The molecule has 0 aliphatic rings. The summed E-state index contributed by atoms with van der Waals surface area (Å²) in [5, 5.41) is 3.12. The maximum atomic E-state index is 5.79. The van der Waals surface area contributed by atoms with Crippen LogP contribution < -0.4 is 5.73 Å². The fourth-order valence-corrected chi connectivity index (χ4v) is 2.54. The quantitative estimate of drug-likeness (QED) is 0.863. The van der Waals surface area contributed by atoms with Gasteiger partial charge in [-0.1, -0.05) is 13.8 Å². The average Bonchev–Trinajstić information content (AvgIpc) is 2.68. The van der Waals surface area contributed by atoms with Crippen molar-refractivity contribution < 1.29 is 4.74 Å². The highest BCUT2D eigenvalue weighted by molar-refractivity contribution is 7.09. The highest BCUT2D eigenvalue weighted by Crippen LogP contribution is 2.31. The van der Waals surface area contributed by atoms with E-state index in [2.05, 4.69) is 24.2 Å². The number of methoxy groups -OCH3 is 1. The minimum Gasteiger partial charge on any atom is -0.372 e. The zero-order valence-electron chi connectivity index (χ0n) is 10.8. The van der Waals surface area contributed by atoms with Crippen LogP contribution in [0.25, 0.3) is 0 Å². The first-order valence-electron chi connectivity index (χ1n) is 5.63. The van der Waals surface area contributed by atoms with Gasteiger partial charge in [-0.3, -0.25) is 0 Å². The van der Waals surface area contributed by atoms with E-state index in [0.29, 0.717) is 18.4 Å². The number of nitrogens with two attached hydrogens (primary N) is 1. The van der Waals surface area contributed by atoms with Gasteiger partial charge in [-0.05, 0) is 19.8 Å². The molecule has 3 nitrogen and oxygen atoms in total. The van der Waals surface area contributed by atoms with Gasteiger partial charge in [0, 0.05) is 25.0 Å². The van der Waals surface area contributed by atoms with Gasteiger partial charge in [-0.2, -0.15) is 0 Å². The second-order valence-corrected chi connectivity index (χ2v) is 5.74. The van der Waals surface area contributed by atoms with Crippen LogP contribution in [0.4, 0.5) is 0 Å². The molecule has 16 heavy (non-hydrogen) atoms. The van der Waals surface area contributed by atoms with E-state index in [1.807, 2.05) is 13.8 Å². The normalized spacial score (nSPS) is 14.4. The molecule has 0 aliphatic carbocycles. The lowest BCUT2D eigenvalue weighted by atomic mass is 9.93. The van der Waals surface area contributed by atoms with Gasteiger partial charge < -0.3 is 10.5 Å². The molecule has 0 aromatic carbocycles. The van der Waals surface area contributed by atoms with Crippen LogP contribution in [-0.2, 0) is 10.3 Å². The van der Waals surface area contributed by atoms with E-state index in [1.54, 1.807) is 18.4 Å². The van der Waals surface area contributed by atoms with E-state index < -0.39 is 0 Å². The predicted molar refractivity (Wildman–Crippen MR) is 68.8 cm³/mol. The molecule has 1 atom stereocenters. The summed E-state index contributed by atoms with van der Waals surface area (Å²) >= 11 is 1.65. The van der Waals surface area contributed by atoms with E-state index in [0.717, 1.165) is 10.7 Å². The van der Waals surface area contributed by atoms with Crippen molar-refractivity contribution in [2.24, 2.45) is 11.7 Å². The van der Waals surface area contributed by atoms with Gasteiger partial charge in [0.1, 0.15) is 10.6 Å². The van der Waals surface area contributed by atoms with Crippen LogP contribution in [0.15, 0.2) is 5.38 Å². The highest BCUT2D eigenvalue weighted by Gasteiger charge is 2.25. The Morgan fingerprint density at radius 3 is 2.56 bits per heavy atom. The van der Waals surface area contributed by atoms with Crippen molar-refractivity contribution in [2.75, 3.05) is 13.7 Å². The molecule has 2 N–H and O–H groups in total. The number of ether oxygens (including phenoxy) is 1. The van der Waals surface area contributed by atoms with Gasteiger partial charge in [-0.25, -0.2) is 4.98 Å². The fourth-order valence-electron chi connectivity index (χ4n) is 1.55. The van der Waals surface area contributed by atoms with Gasteiger partial charge in [0.05, 0.1) is 5.69 Å². The molecule has 0 spiro atoms. The van der Waals surface area contributed by atoms with Crippen LogP contribution in [0, 0.1) is 5.92 Å². The topological polar surface area (TPSA) is 48.1 Å². The summed E-state index contributed by atoms with van der Waals surface area (Å²) in [5.41, 5.74) is 6.58. The van der Waals surface area contributed by atoms with Crippen LogP contribution in [-0.4, -0.2) is 18.6 Å². The van der Waals surface area contributed by atoms with Crippen LogP contribution in [0.3, 0.4) is 0 Å². The fraction of sp³-hybridized carbons (Fsp3) is 0.750. The summed E-state index contributed by atoms with van der Waals surface area (Å²) in [6.45, 7) is 9.06. The summed E-state index contributed by atoms with van der Waals surface area (Å²) in [5.74, 6) is 0.864. The van der Waals surface area contributed by atoms with Crippen molar-refractivity contribution in [1.82, 2.24) is 4.98 Å². The lowest BCUT2D eigenvalue weighted by molar-refractivity contribution is 0.0188. The Bertz CT molecular complexity index is 334. The molecule has 4 heteroatoms. The molecule has 0 aliphatic heterocycles. The largest absolute Gasteiger partial charge is 0.372 e. The number of thiazole rings is 1. The van der Waals surface area contributed by atoms with Gasteiger partial charge in [0.2, 0.25) is 0 Å². The number of hydrogen-bond acceptors (Lipinski definition) is 4. The van der Waals surface area contributed by atoms with E-state index in [9.17, 15) is 0 Å². The lowest BCUT2D eigenvalue weighted by Gasteiger charge is -2.20. The first kappa shape index (κ1) is 13.6. The highest BCUT2D eigenvalue weighted by atomic mass is 32.1. The van der Waals surface area contributed by atoms with E-state index in [-0.39, 0.29) is 5.60 Å². The maximum Gasteiger partial charge on any atom is 0.124 e. The van der Waals surface area contributed by atoms with Gasteiger partial charge in [0.15, 0.2) is 0 Å². The molecule has 1 unspecified atom stereocenters. The zero-order chi connectivity index (χ0) is 12.3. The van der Waals surface area contributed by atoms with Crippen molar-refractivity contribution in [3.8, 4) is 0 Å².